The number of unbranched alkanes of at least 4 members (excludes halogenated alkanes) is 1. The van der Waals surface area contributed by atoms with E-state index in [9.17, 15) is 4.79 Å². The number of hydroxylamine groups is 1. The van der Waals surface area contributed by atoms with Crippen LogP contribution in [0.2, 0.25) is 5.02 Å². The zero-order chi connectivity index (χ0) is 25.5. The van der Waals surface area contributed by atoms with Crippen molar-refractivity contribution >= 4 is 62.5 Å². The molecule has 1 fully saturated rings. The van der Waals surface area contributed by atoms with Crippen LogP contribution in [0.25, 0.3) is 11.0 Å². The number of carbonyl (C=O) groups is 1. The van der Waals surface area contributed by atoms with Gasteiger partial charge in [0.25, 0.3) is 5.91 Å². The first-order valence-electron chi connectivity index (χ1n) is 11.7. The highest BCUT2D eigenvalue weighted by molar-refractivity contribution is 14.1. The molecular formula is C24H28ClFIN5O4. The summed E-state index contributed by atoms with van der Waals surface area (Å²) in [4.78, 5) is 24.6. The molecule has 0 unspecified atom stereocenters. The van der Waals surface area contributed by atoms with Gasteiger partial charge in [0.2, 0.25) is 0 Å². The number of nitrogens with zero attached hydrogens (tertiary/aromatic N) is 3. The summed E-state index contributed by atoms with van der Waals surface area (Å²) < 4.78 is 23.9. The first kappa shape index (κ1) is 27.0. The van der Waals surface area contributed by atoms with E-state index in [2.05, 4.69) is 43.3 Å². The predicted octanol–water partition coefficient (Wildman–Crippen LogP) is 3.94. The minimum atomic E-state index is -0.665. The molecule has 194 valence electrons. The van der Waals surface area contributed by atoms with E-state index in [0.717, 1.165) is 49.3 Å². The fraction of sp³-hybridized carbons (Fsp3) is 0.417. The molecule has 9 nitrogen and oxygen atoms in total. The third-order valence-electron chi connectivity index (χ3n) is 5.88. The van der Waals surface area contributed by atoms with E-state index >= 15 is 4.39 Å². The van der Waals surface area contributed by atoms with Crippen LogP contribution in [-0.2, 0) is 16.1 Å². The third kappa shape index (κ3) is 6.64. The Balaban J connectivity index is 1.58. The Morgan fingerprint density at radius 1 is 1.25 bits per heavy atom. The number of fused-ring (bicyclic) bond motifs is 1. The van der Waals surface area contributed by atoms with Crippen LogP contribution in [0.1, 0.15) is 23.2 Å². The van der Waals surface area contributed by atoms with Gasteiger partial charge < -0.3 is 19.7 Å². The number of halogens is 3. The number of imidazole rings is 1. The molecule has 12 heteroatoms. The summed E-state index contributed by atoms with van der Waals surface area (Å²) in [5, 5.41) is 12.3. The van der Waals surface area contributed by atoms with Crippen LogP contribution in [0.15, 0.2) is 30.6 Å². The van der Waals surface area contributed by atoms with Gasteiger partial charge in [-0.1, -0.05) is 11.6 Å². The molecule has 1 aromatic heterocycles. The number of hydrogen-bond donors (Lipinski definition) is 3. The average molecular weight is 632 g/mol. The van der Waals surface area contributed by atoms with Crippen LogP contribution in [0.4, 0.5) is 15.8 Å². The first-order valence-corrected chi connectivity index (χ1v) is 13.2. The monoisotopic (exact) mass is 631 g/mol. The minimum absolute atomic E-state index is 0.0302. The standard InChI is InChI=1S/C24H28ClFIN5O4/c25-18-13-16(27)3-4-19(18)29-22-17(24(34)30-36-12-9-33)14-20-23(21(22)26)28-15-32(20)6-2-1-5-31-7-10-35-11-8-31/h3-4,13-15,29,33H,1-2,5-12H2,(H,30,34). The lowest BCUT2D eigenvalue weighted by Crippen LogP contribution is -2.36. The highest BCUT2D eigenvalue weighted by Crippen LogP contribution is 2.34. The molecule has 36 heavy (non-hydrogen) atoms. The fourth-order valence-corrected chi connectivity index (χ4v) is 4.93. The Bertz CT molecular complexity index is 1200. The molecule has 3 aromatic rings. The summed E-state index contributed by atoms with van der Waals surface area (Å²) in [6.07, 6.45) is 3.45. The van der Waals surface area contributed by atoms with E-state index < -0.39 is 11.7 Å². The summed E-state index contributed by atoms with van der Waals surface area (Å²) in [6, 6.07) is 6.86. The summed E-state index contributed by atoms with van der Waals surface area (Å²) in [5.41, 5.74) is 3.33. The van der Waals surface area contributed by atoms with Crippen molar-refractivity contribution in [1.29, 1.82) is 0 Å². The Kier molecular flexibility index (Phi) is 9.73. The molecule has 1 aliphatic heterocycles. The SMILES string of the molecule is O=C(NOCCO)c1cc2c(ncn2CCCCN2CCOCC2)c(F)c1Nc1ccc(I)cc1Cl. The molecule has 0 bridgehead atoms. The van der Waals surface area contributed by atoms with Gasteiger partial charge in [0.05, 0.1) is 60.2 Å². The number of nitrogens with one attached hydrogen (secondary N) is 2. The van der Waals surface area contributed by atoms with Crippen LogP contribution in [0.3, 0.4) is 0 Å². The van der Waals surface area contributed by atoms with Crippen molar-refractivity contribution in [1.82, 2.24) is 19.9 Å². The number of aromatic nitrogens is 2. The van der Waals surface area contributed by atoms with Crippen LogP contribution in [0, 0.1) is 9.39 Å². The summed E-state index contributed by atoms with van der Waals surface area (Å²) >= 11 is 8.47. The quantitative estimate of drug-likeness (QED) is 0.168. The van der Waals surface area contributed by atoms with Crippen molar-refractivity contribution in [3.8, 4) is 0 Å². The van der Waals surface area contributed by atoms with Gasteiger partial charge in [0, 0.05) is 23.2 Å². The number of benzene rings is 2. The van der Waals surface area contributed by atoms with Gasteiger partial charge in [-0.05, 0) is 66.2 Å². The lowest BCUT2D eigenvalue weighted by atomic mass is 10.1. The molecule has 0 saturated carbocycles. The van der Waals surface area contributed by atoms with Gasteiger partial charge in [0.15, 0.2) is 5.82 Å². The van der Waals surface area contributed by atoms with Crippen molar-refractivity contribution < 1.29 is 23.9 Å². The van der Waals surface area contributed by atoms with Gasteiger partial charge in [0.1, 0.15) is 5.52 Å². The Labute approximate surface area is 227 Å². The largest absolute Gasteiger partial charge is 0.394 e. The highest BCUT2D eigenvalue weighted by atomic mass is 127. The zero-order valence-corrected chi connectivity index (χ0v) is 22.5. The van der Waals surface area contributed by atoms with E-state index in [1.807, 2.05) is 10.6 Å². The van der Waals surface area contributed by atoms with E-state index in [1.54, 1.807) is 24.5 Å². The normalized spacial score (nSPS) is 14.3. The number of aliphatic hydroxyl groups is 1. The van der Waals surface area contributed by atoms with Crippen molar-refractivity contribution in [2.45, 2.75) is 19.4 Å². The zero-order valence-electron chi connectivity index (χ0n) is 19.6. The maximum absolute atomic E-state index is 15.8. The second kappa shape index (κ2) is 13.0. The van der Waals surface area contributed by atoms with Gasteiger partial charge in [-0.2, -0.15) is 0 Å². The van der Waals surface area contributed by atoms with Crippen LogP contribution in [0.5, 0.6) is 0 Å². The number of morpholine rings is 1. The van der Waals surface area contributed by atoms with Crippen LogP contribution >= 0.6 is 34.2 Å². The Morgan fingerprint density at radius 2 is 2.03 bits per heavy atom. The van der Waals surface area contributed by atoms with Crippen molar-refractivity contribution in [3.63, 3.8) is 0 Å². The number of rotatable bonds is 11. The van der Waals surface area contributed by atoms with Gasteiger partial charge in [-0.25, -0.2) is 14.9 Å². The lowest BCUT2D eigenvalue weighted by Gasteiger charge is -2.26. The van der Waals surface area contributed by atoms with E-state index in [0.29, 0.717) is 22.8 Å². The summed E-state index contributed by atoms with van der Waals surface area (Å²) in [7, 11) is 0. The highest BCUT2D eigenvalue weighted by Gasteiger charge is 2.23. The Morgan fingerprint density at radius 3 is 2.78 bits per heavy atom. The predicted molar refractivity (Wildman–Crippen MR) is 144 cm³/mol. The van der Waals surface area contributed by atoms with E-state index in [4.69, 9.17) is 26.3 Å². The molecule has 2 aromatic carbocycles. The summed E-state index contributed by atoms with van der Waals surface area (Å²) in [5.74, 6) is -1.32. The number of amides is 1. The molecule has 2 heterocycles. The molecule has 0 aliphatic carbocycles. The van der Waals surface area contributed by atoms with Crippen molar-refractivity contribution in [3.05, 3.63) is 50.6 Å². The molecule has 0 radical (unpaired) electrons. The van der Waals surface area contributed by atoms with Crippen LogP contribution < -0.4 is 10.8 Å². The molecule has 4 rings (SSSR count). The first-order chi connectivity index (χ1) is 17.5. The molecule has 1 saturated heterocycles. The number of aryl methyl sites for hydroxylation is 1. The number of ether oxygens (including phenoxy) is 1. The number of aliphatic hydroxyl groups excluding tert-OH is 1. The van der Waals surface area contributed by atoms with Gasteiger partial charge >= 0.3 is 0 Å². The second-order valence-electron chi connectivity index (χ2n) is 8.33. The molecule has 1 aliphatic rings. The lowest BCUT2D eigenvalue weighted by molar-refractivity contribution is 0.0169. The minimum Gasteiger partial charge on any atom is -0.394 e. The molecule has 1 amide bonds. The maximum atomic E-state index is 15.8. The maximum Gasteiger partial charge on any atom is 0.277 e. The van der Waals surface area contributed by atoms with Crippen molar-refractivity contribution in [2.75, 3.05) is 51.4 Å². The van der Waals surface area contributed by atoms with E-state index in [-0.39, 0.29) is 30.0 Å². The second-order valence-corrected chi connectivity index (χ2v) is 9.99. The smallest absolute Gasteiger partial charge is 0.277 e. The van der Waals surface area contributed by atoms with Gasteiger partial charge in [-0.3, -0.25) is 14.5 Å². The molecule has 0 spiro atoms. The number of anilines is 2. The number of carbonyl (C=O) groups excluding carboxylic acids is 1. The van der Waals surface area contributed by atoms with Crippen molar-refractivity contribution in [2.24, 2.45) is 0 Å². The topological polar surface area (TPSA) is 101 Å². The fourth-order valence-electron chi connectivity index (χ4n) is 4.02. The summed E-state index contributed by atoms with van der Waals surface area (Å²) in [6.45, 7) is 4.66. The van der Waals surface area contributed by atoms with E-state index in [1.165, 1.54) is 0 Å². The molecular weight excluding hydrogens is 604 g/mol. The Hall–Kier alpha value is -2.03. The van der Waals surface area contributed by atoms with Crippen LogP contribution in [-0.4, -0.2) is 71.5 Å². The number of hydrogen-bond acceptors (Lipinski definition) is 7. The van der Waals surface area contributed by atoms with Gasteiger partial charge in [-0.15, -0.1) is 0 Å². The molecule has 0 atom stereocenters. The average Bonchev–Trinajstić information content (AvgIpc) is 3.28. The molecule has 3 N–H and O–H groups in total. The third-order valence-corrected chi connectivity index (χ3v) is 6.86.